The highest BCUT2D eigenvalue weighted by Gasteiger charge is 1.87. The average molecular weight is 141 g/mol. The normalized spacial score (nSPS) is 11.1. The SMILES string of the molecule is C=CCN(C)CC=CCO. The molecule has 0 amide bonds. The Morgan fingerprint density at radius 1 is 1.40 bits per heavy atom. The van der Waals surface area contributed by atoms with Crippen LogP contribution in [0.15, 0.2) is 24.8 Å². The molecule has 0 atom stereocenters. The Kier molecular flexibility index (Phi) is 6.13. The summed E-state index contributed by atoms with van der Waals surface area (Å²) < 4.78 is 0. The third-order valence-corrected chi connectivity index (χ3v) is 1.13. The van der Waals surface area contributed by atoms with Crippen LogP contribution in [0.5, 0.6) is 0 Å². The number of likely N-dealkylation sites (N-methyl/N-ethyl adjacent to an activating group) is 1. The standard InChI is InChI=1S/C8H15NO/c1-3-6-9(2)7-4-5-8-10/h3-5,10H,1,6-8H2,2H3. The summed E-state index contributed by atoms with van der Waals surface area (Å²) in [5.41, 5.74) is 0. The second-order valence-corrected chi connectivity index (χ2v) is 2.16. The predicted octanol–water partition coefficient (Wildman–Crippen LogP) is 0.653. The Hall–Kier alpha value is -0.600. The summed E-state index contributed by atoms with van der Waals surface area (Å²) in [6, 6.07) is 0. The summed E-state index contributed by atoms with van der Waals surface area (Å²) >= 11 is 0. The van der Waals surface area contributed by atoms with Crippen molar-refractivity contribution in [3.05, 3.63) is 24.8 Å². The molecular formula is C8H15NO. The fourth-order valence-electron chi connectivity index (χ4n) is 0.624. The number of aliphatic hydroxyl groups is 1. The van der Waals surface area contributed by atoms with Crippen LogP contribution in [-0.4, -0.2) is 36.8 Å². The van der Waals surface area contributed by atoms with Gasteiger partial charge in [0.15, 0.2) is 0 Å². The summed E-state index contributed by atoms with van der Waals surface area (Å²) in [7, 11) is 2.00. The summed E-state index contributed by atoms with van der Waals surface area (Å²) in [5.74, 6) is 0. The van der Waals surface area contributed by atoms with Gasteiger partial charge in [0.1, 0.15) is 0 Å². The third kappa shape index (κ3) is 5.54. The van der Waals surface area contributed by atoms with Gasteiger partial charge >= 0.3 is 0 Å². The van der Waals surface area contributed by atoms with Crippen molar-refractivity contribution in [3.8, 4) is 0 Å². The van der Waals surface area contributed by atoms with Crippen molar-refractivity contribution in [3.63, 3.8) is 0 Å². The van der Waals surface area contributed by atoms with Crippen molar-refractivity contribution >= 4 is 0 Å². The molecule has 0 bridgehead atoms. The van der Waals surface area contributed by atoms with Crippen LogP contribution in [0.25, 0.3) is 0 Å². The molecule has 0 unspecified atom stereocenters. The highest BCUT2D eigenvalue weighted by molar-refractivity contribution is 4.85. The van der Waals surface area contributed by atoms with Crippen LogP contribution in [0.1, 0.15) is 0 Å². The van der Waals surface area contributed by atoms with Gasteiger partial charge in [-0.05, 0) is 7.05 Å². The second-order valence-electron chi connectivity index (χ2n) is 2.16. The van der Waals surface area contributed by atoms with Gasteiger partial charge < -0.3 is 5.11 Å². The Balaban J connectivity index is 3.28. The van der Waals surface area contributed by atoms with Crippen LogP contribution < -0.4 is 0 Å². The van der Waals surface area contributed by atoms with Crippen molar-refractivity contribution in [2.45, 2.75) is 0 Å². The molecule has 0 heterocycles. The van der Waals surface area contributed by atoms with E-state index >= 15 is 0 Å². The largest absolute Gasteiger partial charge is 0.392 e. The minimum absolute atomic E-state index is 0.127. The van der Waals surface area contributed by atoms with E-state index in [4.69, 9.17) is 5.11 Å². The van der Waals surface area contributed by atoms with Crippen LogP contribution in [0.2, 0.25) is 0 Å². The number of nitrogens with zero attached hydrogens (tertiary/aromatic N) is 1. The zero-order chi connectivity index (χ0) is 7.82. The van der Waals surface area contributed by atoms with E-state index < -0.39 is 0 Å². The van der Waals surface area contributed by atoms with Crippen molar-refractivity contribution in [2.24, 2.45) is 0 Å². The summed E-state index contributed by atoms with van der Waals surface area (Å²) in [4.78, 5) is 2.10. The summed E-state index contributed by atoms with van der Waals surface area (Å²) in [5, 5.41) is 8.38. The molecule has 0 saturated carbocycles. The quantitative estimate of drug-likeness (QED) is 0.568. The van der Waals surface area contributed by atoms with E-state index in [2.05, 4.69) is 11.5 Å². The van der Waals surface area contributed by atoms with Crippen molar-refractivity contribution in [2.75, 3.05) is 26.7 Å². The molecule has 2 nitrogen and oxygen atoms in total. The average Bonchev–Trinajstić information content (AvgIpc) is 1.89. The number of aliphatic hydroxyl groups excluding tert-OH is 1. The Morgan fingerprint density at radius 2 is 2.10 bits per heavy atom. The molecule has 0 spiro atoms. The molecule has 0 aromatic rings. The number of hydrogen-bond donors (Lipinski definition) is 1. The van der Waals surface area contributed by atoms with Crippen LogP contribution in [0.3, 0.4) is 0 Å². The van der Waals surface area contributed by atoms with Crippen LogP contribution in [0.4, 0.5) is 0 Å². The lowest BCUT2D eigenvalue weighted by molar-refractivity contribution is 0.341. The van der Waals surface area contributed by atoms with Gasteiger partial charge in [-0.1, -0.05) is 18.2 Å². The maximum absolute atomic E-state index is 8.38. The minimum atomic E-state index is 0.127. The topological polar surface area (TPSA) is 23.5 Å². The Bertz CT molecular complexity index is 110. The van der Waals surface area contributed by atoms with Gasteiger partial charge in [0.2, 0.25) is 0 Å². The molecule has 1 N–H and O–H groups in total. The molecule has 0 aliphatic heterocycles. The van der Waals surface area contributed by atoms with E-state index in [-0.39, 0.29) is 6.61 Å². The zero-order valence-electron chi connectivity index (χ0n) is 6.45. The lowest BCUT2D eigenvalue weighted by atomic mass is 10.4. The zero-order valence-corrected chi connectivity index (χ0v) is 6.45. The predicted molar refractivity (Wildman–Crippen MR) is 43.9 cm³/mol. The van der Waals surface area contributed by atoms with Crippen molar-refractivity contribution in [1.82, 2.24) is 4.90 Å². The van der Waals surface area contributed by atoms with E-state index in [1.54, 1.807) is 6.08 Å². The van der Waals surface area contributed by atoms with E-state index in [0.29, 0.717) is 0 Å². The first-order valence-electron chi connectivity index (χ1n) is 3.36. The molecule has 0 aliphatic rings. The Morgan fingerprint density at radius 3 is 2.60 bits per heavy atom. The molecule has 0 aliphatic carbocycles. The fraction of sp³-hybridized carbons (Fsp3) is 0.500. The van der Waals surface area contributed by atoms with Gasteiger partial charge in [0, 0.05) is 13.1 Å². The van der Waals surface area contributed by atoms with Gasteiger partial charge in [-0.2, -0.15) is 0 Å². The third-order valence-electron chi connectivity index (χ3n) is 1.13. The second kappa shape index (κ2) is 6.52. The molecule has 0 saturated heterocycles. The van der Waals surface area contributed by atoms with E-state index in [9.17, 15) is 0 Å². The first-order chi connectivity index (χ1) is 4.81. The van der Waals surface area contributed by atoms with Crippen molar-refractivity contribution in [1.29, 1.82) is 0 Å². The van der Waals surface area contributed by atoms with E-state index in [1.165, 1.54) is 0 Å². The maximum Gasteiger partial charge on any atom is 0.0612 e. The van der Waals surface area contributed by atoms with Gasteiger partial charge in [-0.25, -0.2) is 0 Å². The van der Waals surface area contributed by atoms with Crippen molar-refractivity contribution < 1.29 is 5.11 Å². The molecule has 0 rings (SSSR count). The van der Waals surface area contributed by atoms with Gasteiger partial charge in [0.25, 0.3) is 0 Å². The lowest BCUT2D eigenvalue weighted by Crippen LogP contribution is -2.17. The maximum atomic E-state index is 8.38. The highest BCUT2D eigenvalue weighted by Crippen LogP contribution is 1.82. The van der Waals surface area contributed by atoms with Gasteiger partial charge in [-0.3, -0.25) is 4.90 Å². The fourth-order valence-corrected chi connectivity index (χ4v) is 0.624. The smallest absolute Gasteiger partial charge is 0.0612 e. The monoisotopic (exact) mass is 141 g/mol. The van der Waals surface area contributed by atoms with E-state index in [1.807, 2.05) is 19.2 Å². The summed E-state index contributed by atoms with van der Waals surface area (Å²) in [6.07, 6.45) is 5.52. The van der Waals surface area contributed by atoms with Gasteiger partial charge in [0.05, 0.1) is 6.61 Å². The molecule has 2 heteroatoms. The van der Waals surface area contributed by atoms with Gasteiger partial charge in [-0.15, -0.1) is 6.58 Å². The van der Waals surface area contributed by atoms with Crippen LogP contribution in [-0.2, 0) is 0 Å². The Labute approximate surface area is 62.5 Å². The highest BCUT2D eigenvalue weighted by atomic mass is 16.2. The van der Waals surface area contributed by atoms with E-state index in [0.717, 1.165) is 13.1 Å². The molecule has 10 heavy (non-hydrogen) atoms. The summed E-state index contributed by atoms with van der Waals surface area (Å²) in [6.45, 7) is 5.49. The molecule has 0 fully saturated rings. The molecular weight excluding hydrogens is 126 g/mol. The first kappa shape index (κ1) is 9.40. The minimum Gasteiger partial charge on any atom is -0.392 e. The van der Waals surface area contributed by atoms with Crippen LogP contribution in [0, 0.1) is 0 Å². The lowest BCUT2D eigenvalue weighted by Gasteiger charge is -2.09. The molecule has 0 aromatic carbocycles. The number of rotatable bonds is 5. The molecule has 58 valence electrons. The van der Waals surface area contributed by atoms with Crippen LogP contribution >= 0.6 is 0 Å². The molecule has 0 aromatic heterocycles. The number of hydrogen-bond acceptors (Lipinski definition) is 2. The molecule has 0 radical (unpaired) electrons. The first-order valence-corrected chi connectivity index (χ1v) is 3.36.